The molecule has 1 aromatic heterocycles. The van der Waals surface area contributed by atoms with Crippen LogP contribution in [0.4, 0.5) is 5.95 Å². The zero-order valence-corrected chi connectivity index (χ0v) is 21.3. The lowest BCUT2D eigenvalue weighted by Gasteiger charge is -2.23. The minimum absolute atomic E-state index is 0.0548. The molecule has 0 spiro atoms. The van der Waals surface area contributed by atoms with Gasteiger partial charge in [0.2, 0.25) is 11.8 Å². The Morgan fingerprint density at radius 2 is 1.65 bits per heavy atom. The quantitative estimate of drug-likeness (QED) is 0.429. The summed E-state index contributed by atoms with van der Waals surface area (Å²) in [6.45, 7) is 4.72. The highest BCUT2D eigenvalue weighted by atomic mass is 32.2. The number of carbonyl (C=O) groups excluding carboxylic acids is 1. The molecule has 4 bridgehead atoms. The van der Waals surface area contributed by atoms with E-state index in [1.165, 1.54) is 12.1 Å². The molecule has 0 radical (unpaired) electrons. The van der Waals surface area contributed by atoms with Gasteiger partial charge < -0.3 is 9.64 Å². The van der Waals surface area contributed by atoms with E-state index in [0.29, 0.717) is 12.2 Å². The van der Waals surface area contributed by atoms with Crippen molar-refractivity contribution >= 4 is 21.9 Å². The Hall–Kier alpha value is -4.24. The fraction of sp³-hybridized carbons (Fsp3) is 0.179. The van der Waals surface area contributed by atoms with Gasteiger partial charge in [-0.3, -0.25) is 4.79 Å². The minimum Gasteiger partial charge on any atom is -0.476 e. The number of nitrogens with zero attached hydrogens (tertiary/aromatic N) is 3. The van der Waals surface area contributed by atoms with Crippen LogP contribution in [-0.2, 0) is 16.6 Å². The first kappa shape index (κ1) is 24.5. The van der Waals surface area contributed by atoms with Gasteiger partial charge in [0.05, 0.1) is 17.1 Å². The van der Waals surface area contributed by atoms with Gasteiger partial charge in [-0.25, -0.2) is 18.1 Å². The Balaban J connectivity index is 1.60. The van der Waals surface area contributed by atoms with Crippen LogP contribution in [0, 0.1) is 13.8 Å². The Labute approximate surface area is 216 Å². The summed E-state index contributed by atoms with van der Waals surface area (Å²) in [5, 5.41) is 0. The van der Waals surface area contributed by atoms with Crippen molar-refractivity contribution in [2.24, 2.45) is 0 Å². The van der Waals surface area contributed by atoms with Crippen molar-refractivity contribution in [3.8, 4) is 17.1 Å². The Morgan fingerprint density at radius 1 is 0.919 bits per heavy atom. The van der Waals surface area contributed by atoms with Crippen molar-refractivity contribution in [3.05, 3.63) is 101 Å². The molecular formula is C28H26N4O4S. The standard InChI is InChI=1S/C28H26N4O4S/c1-19-8-6-9-20(2)26(19)24-17-25-30-28(29-24)31-37(34,35)23-13-7-12-22(16-23)27(33)32(14-15-36-25)18-21-10-4-3-5-11-21/h3-13,16-17H,14-15,18H2,1-2H3,(H,29,30,31). The molecule has 0 aliphatic carbocycles. The van der Waals surface area contributed by atoms with Gasteiger partial charge in [-0.15, -0.1) is 0 Å². The first-order valence-corrected chi connectivity index (χ1v) is 13.3. The molecule has 1 amide bonds. The molecule has 0 fully saturated rings. The van der Waals surface area contributed by atoms with Gasteiger partial charge in [0.15, 0.2) is 0 Å². The predicted molar refractivity (Wildman–Crippen MR) is 141 cm³/mol. The van der Waals surface area contributed by atoms with Crippen molar-refractivity contribution in [2.75, 3.05) is 17.9 Å². The van der Waals surface area contributed by atoms with E-state index < -0.39 is 10.0 Å². The van der Waals surface area contributed by atoms with Gasteiger partial charge in [0.1, 0.15) is 6.61 Å². The lowest BCUT2D eigenvalue weighted by atomic mass is 10.00. The van der Waals surface area contributed by atoms with E-state index in [-0.39, 0.29) is 41.3 Å². The number of aromatic nitrogens is 2. The topological polar surface area (TPSA) is 101 Å². The van der Waals surface area contributed by atoms with Crippen LogP contribution in [0.15, 0.2) is 83.8 Å². The van der Waals surface area contributed by atoms with E-state index in [9.17, 15) is 13.2 Å². The normalized spacial score (nSPS) is 15.0. The molecular weight excluding hydrogens is 488 g/mol. The van der Waals surface area contributed by atoms with Crippen molar-refractivity contribution in [2.45, 2.75) is 25.3 Å². The van der Waals surface area contributed by atoms with Gasteiger partial charge in [0, 0.05) is 23.7 Å². The molecule has 8 nitrogen and oxygen atoms in total. The van der Waals surface area contributed by atoms with Gasteiger partial charge in [-0.2, -0.15) is 4.98 Å². The number of amides is 1. The smallest absolute Gasteiger partial charge is 0.264 e. The molecule has 37 heavy (non-hydrogen) atoms. The summed E-state index contributed by atoms with van der Waals surface area (Å²) in [4.78, 5) is 23.9. The van der Waals surface area contributed by atoms with Crippen LogP contribution in [0.25, 0.3) is 11.3 Å². The maximum absolute atomic E-state index is 13.5. The fourth-order valence-electron chi connectivity index (χ4n) is 4.37. The van der Waals surface area contributed by atoms with E-state index in [2.05, 4.69) is 14.7 Å². The average molecular weight is 515 g/mol. The monoisotopic (exact) mass is 514 g/mol. The second-order valence-corrected chi connectivity index (χ2v) is 10.6. The minimum atomic E-state index is -4.08. The summed E-state index contributed by atoms with van der Waals surface area (Å²) in [5.41, 5.74) is 4.61. The van der Waals surface area contributed by atoms with E-state index in [0.717, 1.165) is 22.3 Å². The first-order chi connectivity index (χ1) is 17.8. The maximum atomic E-state index is 13.5. The van der Waals surface area contributed by atoms with Crippen LogP contribution < -0.4 is 9.46 Å². The third-order valence-electron chi connectivity index (χ3n) is 6.17. The molecule has 0 unspecified atom stereocenters. The number of ether oxygens (including phenoxy) is 1. The maximum Gasteiger partial charge on any atom is 0.264 e. The highest BCUT2D eigenvalue weighted by Crippen LogP contribution is 2.29. The number of anilines is 1. The predicted octanol–water partition coefficient (Wildman–Crippen LogP) is 4.60. The lowest BCUT2D eigenvalue weighted by molar-refractivity contribution is 0.0714. The zero-order chi connectivity index (χ0) is 26.0. The molecule has 1 aliphatic heterocycles. The largest absolute Gasteiger partial charge is 0.476 e. The van der Waals surface area contributed by atoms with Crippen LogP contribution in [0.3, 0.4) is 0 Å². The number of aryl methyl sites for hydroxylation is 2. The van der Waals surface area contributed by atoms with E-state index in [4.69, 9.17) is 4.74 Å². The summed E-state index contributed by atoms with van der Waals surface area (Å²) in [6, 6.07) is 23.2. The van der Waals surface area contributed by atoms with Crippen molar-refractivity contribution in [3.63, 3.8) is 0 Å². The van der Waals surface area contributed by atoms with Crippen LogP contribution >= 0.6 is 0 Å². The summed E-state index contributed by atoms with van der Waals surface area (Å²) < 4.78 is 35.0. The van der Waals surface area contributed by atoms with E-state index in [1.807, 2.05) is 62.4 Å². The van der Waals surface area contributed by atoms with Crippen molar-refractivity contribution in [1.29, 1.82) is 0 Å². The van der Waals surface area contributed by atoms with Gasteiger partial charge in [-0.1, -0.05) is 54.6 Å². The SMILES string of the molecule is Cc1cccc(C)c1-c1cc2nc(n1)NS(=O)(=O)c1cccc(c1)C(=O)N(Cc1ccccc1)CCO2. The second kappa shape index (κ2) is 10.0. The third-order valence-corrected chi connectivity index (χ3v) is 7.50. The Morgan fingerprint density at radius 3 is 2.41 bits per heavy atom. The number of hydrogen-bond donors (Lipinski definition) is 1. The molecule has 0 atom stereocenters. The Bertz CT molecular complexity index is 1550. The molecule has 2 heterocycles. The molecule has 1 N–H and O–H groups in total. The summed E-state index contributed by atoms with van der Waals surface area (Å²) in [7, 11) is -4.08. The van der Waals surface area contributed by atoms with Crippen LogP contribution in [0.1, 0.15) is 27.0 Å². The molecule has 9 heteroatoms. The molecule has 4 aromatic rings. The molecule has 5 rings (SSSR count). The van der Waals surface area contributed by atoms with Crippen LogP contribution in [-0.4, -0.2) is 42.3 Å². The van der Waals surface area contributed by atoms with E-state index >= 15 is 0 Å². The van der Waals surface area contributed by atoms with Crippen molar-refractivity contribution < 1.29 is 17.9 Å². The number of hydrogen-bond acceptors (Lipinski definition) is 6. The Kier molecular flexibility index (Phi) is 6.62. The zero-order valence-electron chi connectivity index (χ0n) is 20.5. The van der Waals surface area contributed by atoms with Gasteiger partial charge >= 0.3 is 0 Å². The number of rotatable bonds is 3. The summed E-state index contributed by atoms with van der Waals surface area (Å²) >= 11 is 0. The average Bonchev–Trinajstić information content (AvgIpc) is 2.88. The number of carbonyl (C=O) groups is 1. The molecule has 0 saturated carbocycles. The molecule has 188 valence electrons. The summed E-state index contributed by atoms with van der Waals surface area (Å²) in [6.07, 6.45) is 0. The lowest BCUT2D eigenvalue weighted by Crippen LogP contribution is -2.34. The second-order valence-electron chi connectivity index (χ2n) is 8.88. The third kappa shape index (κ3) is 5.31. The number of fused-ring (bicyclic) bond motifs is 4. The number of benzene rings is 3. The summed E-state index contributed by atoms with van der Waals surface area (Å²) in [5.74, 6) is -0.187. The van der Waals surface area contributed by atoms with Gasteiger partial charge in [0.25, 0.3) is 15.9 Å². The van der Waals surface area contributed by atoms with Crippen LogP contribution in [0.5, 0.6) is 5.88 Å². The molecule has 1 aliphatic rings. The van der Waals surface area contributed by atoms with Crippen LogP contribution in [0.2, 0.25) is 0 Å². The first-order valence-electron chi connectivity index (χ1n) is 11.8. The van der Waals surface area contributed by atoms with E-state index in [1.54, 1.807) is 23.1 Å². The van der Waals surface area contributed by atoms with Crippen molar-refractivity contribution in [1.82, 2.24) is 14.9 Å². The highest BCUT2D eigenvalue weighted by molar-refractivity contribution is 7.92. The highest BCUT2D eigenvalue weighted by Gasteiger charge is 2.23. The number of sulfonamides is 1. The number of nitrogens with one attached hydrogen (secondary N) is 1. The molecule has 3 aromatic carbocycles. The fourth-order valence-corrected chi connectivity index (χ4v) is 5.36. The van der Waals surface area contributed by atoms with Gasteiger partial charge in [-0.05, 0) is 48.7 Å². The molecule has 0 saturated heterocycles.